The Morgan fingerprint density at radius 3 is 2.95 bits per heavy atom. The number of nitrogens with zero attached hydrogens (tertiary/aromatic N) is 4. The SMILES string of the molecule is CSc1ccccc1NC(=O)c1nc2ncccn2n1. The van der Waals surface area contributed by atoms with Gasteiger partial charge in [-0.25, -0.2) is 9.50 Å². The molecule has 0 aliphatic heterocycles. The van der Waals surface area contributed by atoms with E-state index in [1.807, 2.05) is 30.5 Å². The average Bonchev–Trinajstić information content (AvgIpc) is 2.92. The zero-order valence-corrected chi connectivity index (χ0v) is 11.5. The Morgan fingerprint density at radius 1 is 1.30 bits per heavy atom. The van der Waals surface area contributed by atoms with Gasteiger partial charge in [0, 0.05) is 17.3 Å². The number of nitrogens with one attached hydrogen (secondary N) is 1. The van der Waals surface area contributed by atoms with E-state index in [9.17, 15) is 4.79 Å². The highest BCUT2D eigenvalue weighted by atomic mass is 32.2. The summed E-state index contributed by atoms with van der Waals surface area (Å²) >= 11 is 1.56. The van der Waals surface area contributed by atoms with Gasteiger partial charge in [-0.1, -0.05) is 12.1 Å². The summed E-state index contributed by atoms with van der Waals surface area (Å²) in [6, 6.07) is 9.31. The predicted octanol–water partition coefficient (Wildman–Crippen LogP) is 2.10. The molecule has 1 aromatic carbocycles. The molecule has 0 unspecified atom stereocenters. The number of hydrogen-bond acceptors (Lipinski definition) is 5. The minimum absolute atomic E-state index is 0.0969. The lowest BCUT2D eigenvalue weighted by molar-refractivity contribution is 0.101. The molecule has 0 saturated heterocycles. The van der Waals surface area contributed by atoms with E-state index in [2.05, 4.69) is 20.4 Å². The van der Waals surface area contributed by atoms with Crippen LogP contribution in [0.15, 0.2) is 47.6 Å². The van der Waals surface area contributed by atoms with Crippen LogP contribution in [0.5, 0.6) is 0 Å². The molecular weight excluding hydrogens is 274 g/mol. The first-order valence-electron chi connectivity index (χ1n) is 5.89. The van der Waals surface area contributed by atoms with Gasteiger partial charge in [-0.2, -0.15) is 4.98 Å². The number of carbonyl (C=O) groups is 1. The maximum Gasteiger partial charge on any atom is 0.295 e. The van der Waals surface area contributed by atoms with Crippen LogP contribution >= 0.6 is 11.8 Å². The van der Waals surface area contributed by atoms with Crippen LogP contribution in [0.1, 0.15) is 10.6 Å². The summed E-state index contributed by atoms with van der Waals surface area (Å²) in [6.45, 7) is 0. The molecule has 0 spiro atoms. The fraction of sp³-hybridized carbons (Fsp3) is 0.0769. The van der Waals surface area contributed by atoms with Gasteiger partial charge in [-0.15, -0.1) is 16.9 Å². The van der Waals surface area contributed by atoms with Crippen molar-refractivity contribution in [1.82, 2.24) is 19.6 Å². The van der Waals surface area contributed by atoms with E-state index >= 15 is 0 Å². The molecular formula is C13H11N5OS. The molecule has 6 nitrogen and oxygen atoms in total. The van der Waals surface area contributed by atoms with Crippen LogP contribution < -0.4 is 5.32 Å². The second-order valence-electron chi connectivity index (χ2n) is 3.95. The monoisotopic (exact) mass is 285 g/mol. The fourth-order valence-corrected chi connectivity index (χ4v) is 2.31. The second kappa shape index (κ2) is 5.30. The number of anilines is 1. The third kappa shape index (κ3) is 2.35. The minimum atomic E-state index is -0.350. The molecule has 20 heavy (non-hydrogen) atoms. The first-order valence-corrected chi connectivity index (χ1v) is 7.12. The van der Waals surface area contributed by atoms with Crippen LogP contribution in [0, 0.1) is 0 Å². The molecule has 7 heteroatoms. The normalized spacial score (nSPS) is 10.7. The number of amides is 1. The maximum atomic E-state index is 12.2. The molecule has 100 valence electrons. The van der Waals surface area contributed by atoms with Crippen LogP contribution in [0.4, 0.5) is 5.69 Å². The Bertz CT molecular complexity index is 737. The van der Waals surface area contributed by atoms with Crippen molar-refractivity contribution in [3.63, 3.8) is 0 Å². The van der Waals surface area contributed by atoms with Gasteiger partial charge in [0.1, 0.15) is 0 Å². The van der Waals surface area contributed by atoms with Crippen molar-refractivity contribution in [1.29, 1.82) is 0 Å². The first-order chi connectivity index (χ1) is 9.78. The predicted molar refractivity (Wildman–Crippen MR) is 77.0 cm³/mol. The van der Waals surface area contributed by atoms with Crippen molar-refractivity contribution in [2.45, 2.75) is 4.90 Å². The van der Waals surface area contributed by atoms with Crippen molar-refractivity contribution in [3.05, 3.63) is 48.5 Å². The zero-order chi connectivity index (χ0) is 13.9. The molecule has 0 radical (unpaired) electrons. The van der Waals surface area contributed by atoms with E-state index in [0.717, 1.165) is 10.6 Å². The fourth-order valence-electron chi connectivity index (χ4n) is 1.76. The zero-order valence-electron chi connectivity index (χ0n) is 10.6. The number of fused-ring (bicyclic) bond motifs is 1. The molecule has 0 atom stereocenters. The van der Waals surface area contributed by atoms with Gasteiger partial charge in [-0.05, 0) is 24.5 Å². The van der Waals surface area contributed by atoms with Crippen molar-refractivity contribution in [2.24, 2.45) is 0 Å². The Balaban J connectivity index is 1.89. The lowest BCUT2D eigenvalue weighted by Gasteiger charge is -2.06. The Labute approximate surface area is 119 Å². The van der Waals surface area contributed by atoms with Crippen molar-refractivity contribution < 1.29 is 4.79 Å². The summed E-state index contributed by atoms with van der Waals surface area (Å²) in [4.78, 5) is 21.3. The van der Waals surface area contributed by atoms with Crippen LogP contribution in [0.2, 0.25) is 0 Å². The number of rotatable bonds is 3. The molecule has 0 bridgehead atoms. The van der Waals surface area contributed by atoms with E-state index in [1.54, 1.807) is 30.2 Å². The standard InChI is InChI=1S/C13H11N5OS/c1-20-10-6-3-2-5-9(10)15-12(19)11-16-13-14-7-4-8-18(13)17-11/h2-8H,1H3,(H,15,19). The molecule has 0 aliphatic rings. The van der Waals surface area contributed by atoms with Gasteiger partial charge in [-0.3, -0.25) is 4.79 Å². The summed E-state index contributed by atoms with van der Waals surface area (Å²) in [5.41, 5.74) is 0.747. The quantitative estimate of drug-likeness (QED) is 0.746. The van der Waals surface area contributed by atoms with Crippen molar-refractivity contribution in [2.75, 3.05) is 11.6 Å². The molecule has 3 aromatic rings. The van der Waals surface area contributed by atoms with Crippen LogP contribution in [0.25, 0.3) is 5.78 Å². The average molecular weight is 285 g/mol. The molecule has 0 fully saturated rings. The molecule has 0 aliphatic carbocycles. The third-order valence-electron chi connectivity index (χ3n) is 2.67. The molecule has 1 N–H and O–H groups in total. The van der Waals surface area contributed by atoms with Crippen molar-refractivity contribution >= 4 is 29.1 Å². The highest BCUT2D eigenvalue weighted by molar-refractivity contribution is 7.98. The summed E-state index contributed by atoms with van der Waals surface area (Å²) in [5.74, 6) is 0.146. The number of aromatic nitrogens is 4. The topological polar surface area (TPSA) is 72.2 Å². The number of thioether (sulfide) groups is 1. The molecule has 2 aromatic heterocycles. The lowest BCUT2D eigenvalue weighted by atomic mass is 10.3. The Hall–Kier alpha value is -2.41. The summed E-state index contributed by atoms with van der Waals surface area (Å²) in [5, 5.41) is 6.90. The van der Waals surface area contributed by atoms with E-state index in [-0.39, 0.29) is 11.7 Å². The van der Waals surface area contributed by atoms with Gasteiger partial charge < -0.3 is 5.32 Å². The summed E-state index contributed by atoms with van der Waals surface area (Å²) in [7, 11) is 0. The third-order valence-corrected chi connectivity index (χ3v) is 3.47. The van der Waals surface area contributed by atoms with Gasteiger partial charge >= 0.3 is 0 Å². The first kappa shape index (κ1) is 12.6. The largest absolute Gasteiger partial charge is 0.318 e. The van der Waals surface area contributed by atoms with Gasteiger partial charge in [0.15, 0.2) is 0 Å². The van der Waals surface area contributed by atoms with Gasteiger partial charge in [0.25, 0.3) is 11.7 Å². The molecule has 0 saturated carbocycles. The van der Waals surface area contributed by atoms with E-state index < -0.39 is 0 Å². The van der Waals surface area contributed by atoms with E-state index in [1.165, 1.54) is 4.52 Å². The molecule has 2 heterocycles. The molecule has 1 amide bonds. The van der Waals surface area contributed by atoms with Crippen molar-refractivity contribution in [3.8, 4) is 0 Å². The minimum Gasteiger partial charge on any atom is -0.318 e. The van der Waals surface area contributed by atoms with Crippen LogP contribution in [-0.4, -0.2) is 31.7 Å². The molecule has 3 rings (SSSR count). The summed E-state index contributed by atoms with van der Waals surface area (Å²) < 4.78 is 1.47. The van der Waals surface area contributed by atoms with Crippen LogP contribution in [0.3, 0.4) is 0 Å². The summed E-state index contributed by atoms with van der Waals surface area (Å²) in [6.07, 6.45) is 5.26. The number of carbonyl (C=O) groups excluding carboxylic acids is 1. The lowest BCUT2D eigenvalue weighted by Crippen LogP contribution is -2.14. The smallest absolute Gasteiger partial charge is 0.295 e. The Kier molecular flexibility index (Phi) is 3.34. The van der Waals surface area contributed by atoms with Crippen LogP contribution in [-0.2, 0) is 0 Å². The van der Waals surface area contributed by atoms with Gasteiger partial charge in [0.05, 0.1) is 5.69 Å². The highest BCUT2D eigenvalue weighted by Crippen LogP contribution is 2.24. The van der Waals surface area contributed by atoms with Gasteiger partial charge in [0.2, 0.25) is 5.82 Å². The number of hydrogen-bond donors (Lipinski definition) is 1. The van der Waals surface area contributed by atoms with E-state index in [0.29, 0.717) is 5.78 Å². The maximum absolute atomic E-state index is 12.2. The van der Waals surface area contributed by atoms with E-state index in [4.69, 9.17) is 0 Å². The highest BCUT2D eigenvalue weighted by Gasteiger charge is 2.14. The number of para-hydroxylation sites is 1. The number of benzene rings is 1. The Morgan fingerprint density at radius 2 is 2.15 bits per heavy atom. The second-order valence-corrected chi connectivity index (χ2v) is 4.80.